The molecule has 0 aliphatic carbocycles. The number of benzene rings is 1. The molecule has 2 heterocycles. The number of aromatic nitrogens is 3. The topological polar surface area (TPSA) is 87.4 Å². The minimum Gasteiger partial charge on any atom is -0.357 e. The van der Waals surface area contributed by atoms with Crippen LogP contribution >= 0.6 is 0 Å². The Kier molecular flexibility index (Phi) is 7.65. The molecule has 1 aliphatic rings. The highest BCUT2D eigenvalue weighted by atomic mass is 16.2. The molecule has 0 spiro atoms. The Balaban J connectivity index is 1.59. The molecule has 0 bridgehead atoms. The second kappa shape index (κ2) is 10.4. The van der Waals surface area contributed by atoms with Crippen molar-refractivity contribution in [2.45, 2.75) is 58.5 Å². The Bertz CT molecular complexity index is 916. The molecule has 1 aliphatic heterocycles. The van der Waals surface area contributed by atoms with Crippen LogP contribution in [0.4, 0.5) is 0 Å². The fourth-order valence-electron chi connectivity index (χ4n) is 3.62. The van der Waals surface area contributed by atoms with Crippen molar-refractivity contribution in [3.8, 4) is 0 Å². The van der Waals surface area contributed by atoms with Crippen molar-refractivity contribution in [2.75, 3.05) is 27.2 Å². The normalized spacial score (nSPS) is 16.2. The summed E-state index contributed by atoms with van der Waals surface area (Å²) < 4.78 is 2.04. The molecule has 0 saturated carbocycles. The number of nitrogens with one attached hydrogen (secondary N) is 2. The SMILES string of the molecule is CCNC(=NCCc1cccc(C(=O)N(C)C)c1)NC1CCc2nc(C(C)C)nn2C1. The zero-order chi connectivity index (χ0) is 22.4. The van der Waals surface area contributed by atoms with E-state index in [0.717, 1.165) is 55.5 Å². The van der Waals surface area contributed by atoms with Crippen LogP contribution in [0.3, 0.4) is 0 Å². The van der Waals surface area contributed by atoms with Gasteiger partial charge in [0.1, 0.15) is 5.82 Å². The van der Waals surface area contributed by atoms with Gasteiger partial charge >= 0.3 is 0 Å². The van der Waals surface area contributed by atoms with Crippen molar-refractivity contribution >= 4 is 11.9 Å². The fraction of sp³-hybridized carbons (Fsp3) is 0.565. The van der Waals surface area contributed by atoms with Crippen molar-refractivity contribution in [3.05, 3.63) is 47.0 Å². The Morgan fingerprint density at radius 3 is 2.87 bits per heavy atom. The molecule has 3 rings (SSSR count). The molecule has 1 atom stereocenters. The number of guanidine groups is 1. The molecule has 0 radical (unpaired) electrons. The monoisotopic (exact) mass is 425 g/mol. The van der Waals surface area contributed by atoms with Crippen LogP contribution < -0.4 is 10.6 Å². The summed E-state index contributed by atoms with van der Waals surface area (Å²) in [6, 6.07) is 8.06. The van der Waals surface area contributed by atoms with Crippen LogP contribution in [0.2, 0.25) is 0 Å². The van der Waals surface area contributed by atoms with Gasteiger partial charge < -0.3 is 15.5 Å². The summed E-state index contributed by atoms with van der Waals surface area (Å²) in [5, 5.41) is 11.6. The first-order valence-corrected chi connectivity index (χ1v) is 11.2. The molecule has 1 unspecified atom stereocenters. The van der Waals surface area contributed by atoms with E-state index < -0.39 is 0 Å². The lowest BCUT2D eigenvalue weighted by atomic mass is 10.1. The summed E-state index contributed by atoms with van der Waals surface area (Å²) in [7, 11) is 3.54. The molecule has 0 saturated heterocycles. The number of fused-ring (bicyclic) bond motifs is 1. The van der Waals surface area contributed by atoms with Gasteiger partial charge in [-0.15, -0.1) is 0 Å². The Hall–Kier alpha value is -2.90. The van der Waals surface area contributed by atoms with Gasteiger partial charge in [-0.2, -0.15) is 5.10 Å². The van der Waals surface area contributed by atoms with Crippen molar-refractivity contribution in [1.29, 1.82) is 0 Å². The number of amides is 1. The third-order valence-electron chi connectivity index (χ3n) is 5.33. The molecule has 8 heteroatoms. The van der Waals surface area contributed by atoms with E-state index in [9.17, 15) is 4.79 Å². The maximum atomic E-state index is 12.2. The van der Waals surface area contributed by atoms with E-state index >= 15 is 0 Å². The fourth-order valence-corrected chi connectivity index (χ4v) is 3.62. The first-order chi connectivity index (χ1) is 14.9. The van der Waals surface area contributed by atoms with Crippen LogP contribution in [0.15, 0.2) is 29.3 Å². The van der Waals surface area contributed by atoms with Gasteiger partial charge in [0.25, 0.3) is 5.91 Å². The molecule has 8 nitrogen and oxygen atoms in total. The zero-order valence-electron chi connectivity index (χ0n) is 19.4. The smallest absolute Gasteiger partial charge is 0.253 e. The van der Waals surface area contributed by atoms with Crippen LogP contribution in [-0.2, 0) is 19.4 Å². The molecule has 168 valence electrons. The van der Waals surface area contributed by atoms with E-state index in [0.29, 0.717) is 18.0 Å². The van der Waals surface area contributed by atoms with Crippen molar-refractivity contribution in [1.82, 2.24) is 30.3 Å². The third-order valence-corrected chi connectivity index (χ3v) is 5.33. The van der Waals surface area contributed by atoms with Gasteiger partial charge in [-0.25, -0.2) is 9.67 Å². The average Bonchev–Trinajstić information content (AvgIpc) is 3.17. The number of hydrogen-bond donors (Lipinski definition) is 2. The summed E-state index contributed by atoms with van der Waals surface area (Å²) in [6.07, 6.45) is 2.71. The zero-order valence-corrected chi connectivity index (χ0v) is 19.4. The maximum absolute atomic E-state index is 12.2. The van der Waals surface area contributed by atoms with Crippen LogP contribution in [0.5, 0.6) is 0 Å². The molecule has 1 aromatic carbocycles. The molecule has 0 fully saturated rings. The van der Waals surface area contributed by atoms with E-state index in [1.54, 1.807) is 19.0 Å². The van der Waals surface area contributed by atoms with Crippen molar-refractivity contribution < 1.29 is 4.79 Å². The van der Waals surface area contributed by atoms with Gasteiger partial charge in [0, 0.05) is 51.1 Å². The number of hydrogen-bond acceptors (Lipinski definition) is 4. The summed E-state index contributed by atoms with van der Waals surface area (Å²) in [5.41, 5.74) is 1.82. The first kappa shape index (κ1) is 22.8. The lowest BCUT2D eigenvalue weighted by Gasteiger charge is -2.25. The molecule has 2 aromatic rings. The van der Waals surface area contributed by atoms with E-state index in [1.165, 1.54) is 0 Å². The van der Waals surface area contributed by atoms with E-state index in [1.807, 2.05) is 28.9 Å². The van der Waals surface area contributed by atoms with Gasteiger partial charge in [0.15, 0.2) is 11.8 Å². The van der Waals surface area contributed by atoms with Gasteiger partial charge in [-0.3, -0.25) is 9.79 Å². The number of aryl methyl sites for hydroxylation is 1. The molecule has 1 amide bonds. The van der Waals surface area contributed by atoms with Gasteiger partial charge in [-0.05, 0) is 37.5 Å². The first-order valence-electron chi connectivity index (χ1n) is 11.2. The van der Waals surface area contributed by atoms with E-state index in [2.05, 4.69) is 41.5 Å². The lowest BCUT2D eigenvalue weighted by molar-refractivity contribution is 0.0827. The van der Waals surface area contributed by atoms with Crippen LogP contribution in [-0.4, -0.2) is 64.8 Å². The Labute approximate surface area is 185 Å². The number of rotatable bonds is 7. The number of carbonyl (C=O) groups excluding carboxylic acids is 1. The molecule has 1 aromatic heterocycles. The maximum Gasteiger partial charge on any atom is 0.253 e. The minimum absolute atomic E-state index is 0.0192. The van der Waals surface area contributed by atoms with Crippen molar-refractivity contribution in [2.24, 2.45) is 4.99 Å². The average molecular weight is 426 g/mol. The molecular weight excluding hydrogens is 390 g/mol. The summed E-state index contributed by atoms with van der Waals surface area (Å²) in [4.78, 5) is 23.2. The predicted molar refractivity (Wildman–Crippen MR) is 123 cm³/mol. The number of aliphatic imine (C=N–C) groups is 1. The molecular formula is C23H35N7O. The Morgan fingerprint density at radius 2 is 2.16 bits per heavy atom. The van der Waals surface area contributed by atoms with E-state index in [4.69, 9.17) is 4.99 Å². The minimum atomic E-state index is 0.0192. The molecule has 2 N–H and O–H groups in total. The second-order valence-electron chi connectivity index (χ2n) is 8.51. The Morgan fingerprint density at radius 1 is 1.35 bits per heavy atom. The largest absolute Gasteiger partial charge is 0.357 e. The summed E-state index contributed by atoms with van der Waals surface area (Å²) >= 11 is 0. The van der Waals surface area contributed by atoms with Crippen LogP contribution in [0, 0.1) is 0 Å². The van der Waals surface area contributed by atoms with Crippen LogP contribution in [0.1, 0.15) is 60.7 Å². The predicted octanol–water partition coefficient (Wildman–Crippen LogP) is 2.22. The standard InChI is InChI=1S/C23H35N7O/c1-6-24-23(25-13-12-17-8-7-9-18(14-17)22(31)29(4)5)26-19-10-11-20-27-21(16(2)3)28-30(20)15-19/h7-9,14,16,19H,6,10-13,15H2,1-5H3,(H2,24,25,26). The molecule has 31 heavy (non-hydrogen) atoms. The van der Waals surface area contributed by atoms with Gasteiger partial charge in [0.05, 0.1) is 6.54 Å². The summed E-state index contributed by atoms with van der Waals surface area (Å²) in [5.74, 6) is 3.18. The second-order valence-corrected chi connectivity index (χ2v) is 8.51. The highest BCUT2D eigenvalue weighted by molar-refractivity contribution is 5.94. The highest BCUT2D eigenvalue weighted by Crippen LogP contribution is 2.17. The highest BCUT2D eigenvalue weighted by Gasteiger charge is 2.23. The van der Waals surface area contributed by atoms with E-state index in [-0.39, 0.29) is 11.9 Å². The lowest BCUT2D eigenvalue weighted by Crippen LogP contribution is -2.47. The third kappa shape index (κ3) is 6.06. The number of nitrogens with zero attached hydrogens (tertiary/aromatic N) is 5. The summed E-state index contributed by atoms with van der Waals surface area (Å²) in [6.45, 7) is 8.57. The number of carbonyl (C=O) groups is 1. The van der Waals surface area contributed by atoms with Crippen molar-refractivity contribution in [3.63, 3.8) is 0 Å². The van der Waals surface area contributed by atoms with Gasteiger partial charge in [0.2, 0.25) is 0 Å². The quantitative estimate of drug-likeness (QED) is 0.525. The van der Waals surface area contributed by atoms with Gasteiger partial charge in [-0.1, -0.05) is 26.0 Å². The van der Waals surface area contributed by atoms with Crippen LogP contribution in [0.25, 0.3) is 0 Å².